The zero-order chi connectivity index (χ0) is 14.8. The van der Waals surface area contributed by atoms with E-state index < -0.39 is 0 Å². The Morgan fingerprint density at radius 2 is 1.85 bits per heavy atom. The maximum atomic E-state index is 6.01. The lowest BCUT2D eigenvalue weighted by molar-refractivity contribution is 0.434. The Morgan fingerprint density at radius 1 is 1.15 bits per heavy atom. The highest BCUT2D eigenvalue weighted by molar-refractivity contribution is 5.47. The Labute approximate surface area is 120 Å². The number of para-hydroxylation sites is 1. The molecule has 0 fully saturated rings. The highest BCUT2D eigenvalue weighted by Gasteiger charge is 2.20. The van der Waals surface area contributed by atoms with Crippen LogP contribution in [0.4, 0.5) is 5.82 Å². The zero-order valence-electron chi connectivity index (χ0n) is 12.5. The molecule has 0 amide bonds. The number of anilines is 1. The van der Waals surface area contributed by atoms with E-state index in [1.807, 2.05) is 25.1 Å². The van der Waals surface area contributed by atoms with Crippen molar-refractivity contribution in [1.29, 1.82) is 0 Å². The van der Waals surface area contributed by atoms with Crippen molar-refractivity contribution in [3.8, 4) is 11.6 Å². The van der Waals surface area contributed by atoms with E-state index in [1.165, 1.54) is 6.33 Å². The summed E-state index contributed by atoms with van der Waals surface area (Å²) in [5.74, 6) is 1.83. The molecule has 0 aliphatic carbocycles. The average molecular weight is 271 g/mol. The Balaban J connectivity index is 2.44. The van der Waals surface area contributed by atoms with Crippen molar-refractivity contribution < 1.29 is 4.74 Å². The standard InChI is InChI=1S/C16H21N3O/c1-5-11-14(17)18-10-19-15(11)20-13-9-7-6-8-12(13)16(2,3)4/h6-10H,5H2,1-4H3,(H2,17,18,19). The third kappa shape index (κ3) is 2.90. The van der Waals surface area contributed by atoms with E-state index >= 15 is 0 Å². The van der Waals surface area contributed by atoms with Crippen LogP contribution in [-0.2, 0) is 11.8 Å². The van der Waals surface area contributed by atoms with E-state index in [-0.39, 0.29) is 5.41 Å². The van der Waals surface area contributed by atoms with Gasteiger partial charge in [-0.2, -0.15) is 0 Å². The van der Waals surface area contributed by atoms with Gasteiger partial charge >= 0.3 is 0 Å². The van der Waals surface area contributed by atoms with E-state index in [2.05, 4.69) is 36.8 Å². The molecular formula is C16H21N3O. The van der Waals surface area contributed by atoms with Crippen molar-refractivity contribution in [2.24, 2.45) is 0 Å². The van der Waals surface area contributed by atoms with Crippen LogP contribution in [0.2, 0.25) is 0 Å². The number of nitrogens with two attached hydrogens (primary N) is 1. The molecule has 4 heteroatoms. The molecule has 0 aliphatic heterocycles. The number of benzene rings is 1. The molecule has 106 valence electrons. The van der Waals surface area contributed by atoms with Crippen LogP contribution < -0.4 is 10.5 Å². The second-order valence-electron chi connectivity index (χ2n) is 5.74. The highest BCUT2D eigenvalue weighted by atomic mass is 16.5. The van der Waals surface area contributed by atoms with Gasteiger partial charge in [-0.25, -0.2) is 9.97 Å². The van der Waals surface area contributed by atoms with Crippen LogP contribution in [0.1, 0.15) is 38.8 Å². The molecule has 2 rings (SSSR count). The molecule has 20 heavy (non-hydrogen) atoms. The van der Waals surface area contributed by atoms with Gasteiger partial charge in [0.15, 0.2) is 0 Å². The van der Waals surface area contributed by atoms with Crippen LogP contribution in [0.3, 0.4) is 0 Å². The molecule has 0 saturated carbocycles. The molecule has 1 aromatic heterocycles. The van der Waals surface area contributed by atoms with E-state index in [4.69, 9.17) is 10.5 Å². The molecule has 0 spiro atoms. The predicted molar refractivity (Wildman–Crippen MR) is 81.0 cm³/mol. The molecule has 0 bridgehead atoms. The number of nitrogens with zero attached hydrogens (tertiary/aromatic N) is 2. The molecule has 1 aromatic carbocycles. The molecule has 0 saturated heterocycles. The van der Waals surface area contributed by atoms with E-state index in [0.29, 0.717) is 11.7 Å². The van der Waals surface area contributed by atoms with Crippen LogP contribution in [0, 0.1) is 0 Å². The minimum absolute atomic E-state index is 0.00153. The summed E-state index contributed by atoms with van der Waals surface area (Å²) in [6.45, 7) is 8.48. The normalized spacial score (nSPS) is 11.4. The summed E-state index contributed by atoms with van der Waals surface area (Å²) in [4.78, 5) is 8.23. The Hall–Kier alpha value is -2.10. The number of hydrogen-bond donors (Lipinski definition) is 1. The summed E-state index contributed by atoms with van der Waals surface area (Å²) >= 11 is 0. The number of ether oxygens (including phenoxy) is 1. The summed E-state index contributed by atoms with van der Waals surface area (Å²) in [5.41, 5.74) is 7.86. The fourth-order valence-electron chi connectivity index (χ4n) is 2.11. The van der Waals surface area contributed by atoms with Crippen molar-refractivity contribution in [2.75, 3.05) is 5.73 Å². The molecule has 1 heterocycles. The molecule has 2 aromatic rings. The highest BCUT2D eigenvalue weighted by Crippen LogP contribution is 2.34. The Bertz CT molecular complexity index is 603. The maximum absolute atomic E-state index is 6.01. The third-order valence-electron chi connectivity index (χ3n) is 3.19. The minimum atomic E-state index is 0.00153. The van der Waals surface area contributed by atoms with Gasteiger partial charge in [-0.1, -0.05) is 45.9 Å². The monoisotopic (exact) mass is 271 g/mol. The van der Waals surface area contributed by atoms with Gasteiger partial charge in [-0.3, -0.25) is 0 Å². The van der Waals surface area contributed by atoms with Crippen molar-refractivity contribution >= 4 is 5.82 Å². The SMILES string of the molecule is CCc1c(N)ncnc1Oc1ccccc1C(C)(C)C. The van der Waals surface area contributed by atoms with Gasteiger partial charge in [-0.15, -0.1) is 0 Å². The smallest absolute Gasteiger partial charge is 0.227 e. The molecule has 0 atom stereocenters. The van der Waals surface area contributed by atoms with Crippen LogP contribution in [-0.4, -0.2) is 9.97 Å². The summed E-state index contributed by atoms with van der Waals surface area (Å²) in [6.07, 6.45) is 2.17. The fraction of sp³-hybridized carbons (Fsp3) is 0.375. The van der Waals surface area contributed by atoms with Crippen molar-refractivity contribution in [2.45, 2.75) is 39.5 Å². The molecular weight excluding hydrogens is 250 g/mol. The lowest BCUT2D eigenvalue weighted by Gasteiger charge is -2.22. The summed E-state index contributed by atoms with van der Waals surface area (Å²) < 4.78 is 6.01. The number of aromatic nitrogens is 2. The Morgan fingerprint density at radius 3 is 2.50 bits per heavy atom. The van der Waals surface area contributed by atoms with Crippen molar-refractivity contribution in [1.82, 2.24) is 9.97 Å². The van der Waals surface area contributed by atoms with Gasteiger partial charge in [-0.05, 0) is 17.9 Å². The van der Waals surface area contributed by atoms with E-state index in [1.54, 1.807) is 0 Å². The number of nitrogen functional groups attached to an aromatic ring is 1. The molecule has 2 N–H and O–H groups in total. The first-order valence-corrected chi connectivity index (χ1v) is 6.80. The average Bonchev–Trinajstić information content (AvgIpc) is 2.38. The second-order valence-corrected chi connectivity index (χ2v) is 5.74. The lowest BCUT2D eigenvalue weighted by Crippen LogP contribution is -2.13. The first kappa shape index (κ1) is 14.3. The minimum Gasteiger partial charge on any atom is -0.438 e. The van der Waals surface area contributed by atoms with Gasteiger partial charge in [0.2, 0.25) is 5.88 Å². The van der Waals surface area contributed by atoms with Crippen LogP contribution >= 0.6 is 0 Å². The molecule has 0 unspecified atom stereocenters. The van der Waals surface area contributed by atoms with Gasteiger partial charge in [0.25, 0.3) is 0 Å². The lowest BCUT2D eigenvalue weighted by atomic mass is 9.86. The zero-order valence-corrected chi connectivity index (χ0v) is 12.5. The van der Waals surface area contributed by atoms with E-state index in [0.717, 1.165) is 23.3 Å². The topological polar surface area (TPSA) is 61.0 Å². The van der Waals surface area contributed by atoms with Crippen molar-refractivity contribution in [3.63, 3.8) is 0 Å². The largest absolute Gasteiger partial charge is 0.438 e. The predicted octanol–water partition coefficient (Wildman–Crippen LogP) is 3.71. The first-order valence-electron chi connectivity index (χ1n) is 6.80. The van der Waals surface area contributed by atoms with Gasteiger partial charge in [0, 0.05) is 5.56 Å². The third-order valence-corrected chi connectivity index (χ3v) is 3.19. The summed E-state index contributed by atoms with van der Waals surface area (Å²) in [5, 5.41) is 0. The number of hydrogen-bond acceptors (Lipinski definition) is 4. The van der Waals surface area contributed by atoms with Gasteiger partial charge in [0.1, 0.15) is 17.9 Å². The summed E-state index contributed by atoms with van der Waals surface area (Å²) in [7, 11) is 0. The fourth-order valence-corrected chi connectivity index (χ4v) is 2.11. The summed E-state index contributed by atoms with van der Waals surface area (Å²) in [6, 6.07) is 8.01. The molecule has 4 nitrogen and oxygen atoms in total. The van der Waals surface area contributed by atoms with Crippen LogP contribution in [0.5, 0.6) is 11.6 Å². The van der Waals surface area contributed by atoms with Crippen LogP contribution in [0.25, 0.3) is 0 Å². The molecule has 0 aliphatic rings. The van der Waals surface area contributed by atoms with Gasteiger partial charge in [0.05, 0.1) is 5.56 Å². The second kappa shape index (κ2) is 5.49. The van der Waals surface area contributed by atoms with Crippen LogP contribution in [0.15, 0.2) is 30.6 Å². The van der Waals surface area contributed by atoms with Crippen molar-refractivity contribution in [3.05, 3.63) is 41.7 Å². The quantitative estimate of drug-likeness (QED) is 0.924. The van der Waals surface area contributed by atoms with Gasteiger partial charge < -0.3 is 10.5 Å². The number of rotatable bonds is 3. The van der Waals surface area contributed by atoms with E-state index in [9.17, 15) is 0 Å². The molecule has 0 radical (unpaired) electrons. The maximum Gasteiger partial charge on any atom is 0.227 e. The Kier molecular flexibility index (Phi) is 3.93. The first-order chi connectivity index (χ1) is 9.43.